The Labute approximate surface area is 145 Å². The minimum absolute atomic E-state index is 0.529. The van der Waals surface area contributed by atoms with Gasteiger partial charge in [-0.05, 0) is 45.0 Å². The van der Waals surface area contributed by atoms with Crippen LogP contribution in [0, 0.1) is 20.8 Å². The fraction of sp³-hybridized carbons (Fsp3) is 0.294. The number of nitrogens with zero attached hydrogens (tertiary/aromatic N) is 6. The van der Waals surface area contributed by atoms with Crippen LogP contribution >= 0.6 is 0 Å². The molecule has 0 aliphatic carbocycles. The molecule has 8 heteroatoms. The third-order valence-electron chi connectivity index (χ3n) is 3.73. The molecule has 0 bridgehead atoms. The number of ether oxygens (including phenoxy) is 2. The highest BCUT2D eigenvalue weighted by molar-refractivity contribution is 5.84. The van der Waals surface area contributed by atoms with Crippen LogP contribution in [-0.2, 0) is 0 Å². The largest absolute Gasteiger partial charge is 0.497 e. The van der Waals surface area contributed by atoms with E-state index >= 15 is 0 Å². The van der Waals surface area contributed by atoms with Crippen molar-refractivity contribution in [2.45, 2.75) is 20.8 Å². The summed E-state index contributed by atoms with van der Waals surface area (Å²) in [6, 6.07) is 7.50. The summed E-state index contributed by atoms with van der Waals surface area (Å²) in [5.41, 5.74) is 2.65. The van der Waals surface area contributed by atoms with Crippen LogP contribution in [0.3, 0.4) is 0 Å². The van der Waals surface area contributed by atoms with E-state index in [-0.39, 0.29) is 0 Å². The van der Waals surface area contributed by atoms with E-state index < -0.39 is 0 Å². The van der Waals surface area contributed by atoms with Crippen LogP contribution in [0.5, 0.6) is 11.5 Å². The Kier molecular flexibility index (Phi) is 4.51. The molecule has 0 radical (unpaired) electrons. The first-order valence-electron chi connectivity index (χ1n) is 7.75. The highest BCUT2D eigenvalue weighted by atomic mass is 16.5. The van der Waals surface area contributed by atoms with Gasteiger partial charge in [-0.1, -0.05) is 0 Å². The molecule has 0 amide bonds. The molecule has 0 aliphatic heterocycles. The molecule has 0 fully saturated rings. The quantitative estimate of drug-likeness (QED) is 0.666. The number of hydrogen-bond donors (Lipinski definition) is 0. The minimum atomic E-state index is 0.529. The summed E-state index contributed by atoms with van der Waals surface area (Å²) < 4.78 is 14.0. The molecule has 0 N–H and O–H groups in total. The van der Waals surface area contributed by atoms with Crippen LogP contribution in [-0.4, -0.2) is 45.1 Å². The smallest absolute Gasteiger partial charge is 0.273 e. The molecule has 0 saturated carbocycles. The van der Waals surface area contributed by atoms with Crippen molar-refractivity contribution in [2.75, 3.05) is 14.2 Å². The average Bonchev–Trinajstić information content (AvgIpc) is 3.13. The summed E-state index contributed by atoms with van der Waals surface area (Å²) in [6.07, 6.45) is 1.69. The van der Waals surface area contributed by atoms with Crippen molar-refractivity contribution < 1.29 is 9.47 Å². The Balaban J connectivity index is 2.03. The van der Waals surface area contributed by atoms with Gasteiger partial charge in [-0.2, -0.15) is 14.9 Å². The first-order valence-corrected chi connectivity index (χ1v) is 7.75. The number of aryl methyl sites for hydroxylation is 3. The molecule has 8 nitrogen and oxygen atoms in total. The van der Waals surface area contributed by atoms with Crippen LogP contribution < -0.4 is 9.47 Å². The van der Waals surface area contributed by atoms with Gasteiger partial charge in [-0.3, -0.25) is 0 Å². The molecule has 0 unspecified atom stereocenters. The van der Waals surface area contributed by atoms with E-state index in [1.165, 1.54) is 0 Å². The van der Waals surface area contributed by atoms with Crippen LogP contribution in [0.25, 0.3) is 5.95 Å². The molecule has 0 spiro atoms. The molecule has 3 aromatic rings. The van der Waals surface area contributed by atoms with E-state index in [0.717, 1.165) is 22.7 Å². The lowest BCUT2D eigenvalue weighted by molar-refractivity contribution is 0.402. The van der Waals surface area contributed by atoms with Gasteiger partial charge < -0.3 is 9.47 Å². The maximum Gasteiger partial charge on any atom is 0.273 e. The van der Waals surface area contributed by atoms with Crippen molar-refractivity contribution in [3.05, 3.63) is 47.0 Å². The topological polar surface area (TPSA) is 79.4 Å². The maximum absolute atomic E-state index is 5.38. The number of methoxy groups -OCH3 is 2. The monoisotopic (exact) mass is 340 g/mol. The van der Waals surface area contributed by atoms with Crippen molar-refractivity contribution in [3.63, 3.8) is 0 Å². The van der Waals surface area contributed by atoms with Gasteiger partial charge in [0.2, 0.25) is 0 Å². The second kappa shape index (κ2) is 6.76. The molecule has 130 valence electrons. The number of aromatic nitrogens is 5. The van der Waals surface area contributed by atoms with Gasteiger partial charge in [0.25, 0.3) is 5.95 Å². The van der Waals surface area contributed by atoms with Gasteiger partial charge >= 0.3 is 0 Å². The maximum atomic E-state index is 5.38. The van der Waals surface area contributed by atoms with Crippen molar-refractivity contribution in [3.8, 4) is 17.4 Å². The molecule has 0 atom stereocenters. The number of rotatable bonds is 5. The molecule has 0 aliphatic rings. The molecule has 0 saturated heterocycles. The van der Waals surface area contributed by atoms with Gasteiger partial charge in [0.1, 0.15) is 11.5 Å². The normalized spacial score (nSPS) is 11.2. The highest BCUT2D eigenvalue weighted by Crippen LogP contribution is 2.22. The van der Waals surface area contributed by atoms with Gasteiger partial charge in [-0.15, -0.1) is 10.2 Å². The van der Waals surface area contributed by atoms with Gasteiger partial charge in [-0.25, -0.2) is 4.68 Å². The van der Waals surface area contributed by atoms with Gasteiger partial charge in [0.15, 0.2) is 5.82 Å². The lowest BCUT2D eigenvalue weighted by Crippen LogP contribution is -2.08. The first kappa shape index (κ1) is 16.7. The van der Waals surface area contributed by atoms with Crippen LogP contribution in [0.15, 0.2) is 29.4 Å². The summed E-state index contributed by atoms with van der Waals surface area (Å²) >= 11 is 0. The number of benzene rings is 1. The third kappa shape index (κ3) is 3.23. The van der Waals surface area contributed by atoms with Crippen molar-refractivity contribution >= 4 is 6.21 Å². The molecular weight excluding hydrogens is 320 g/mol. The van der Waals surface area contributed by atoms with Crippen molar-refractivity contribution in [2.24, 2.45) is 5.10 Å². The van der Waals surface area contributed by atoms with Crippen molar-refractivity contribution in [1.82, 2.24) is 24.7 Å². The third-order valence-corrected chi connectivity index (χ3v) is 3.73. The minimum Gasteiger partial charge on any atom is -0.497 e. The van der Waals surface area contributed by atoms with E-state index in [2.05, 4.69) is 20.4 Å². The molecule has 1 aromatic carbocycles. The highest BCUT2D eigenvalue weighted by Gasteiger charge is 2.13. The van der Waals surface area contributed by atoms with Gasteiger partial charge in [0.05, 0.1) is 26.1 Å². The SMILES string of the molecule is COc1ccc(OC)c(/C=N/n2c(C)nnc2-n2nc(C)cc2C)c1. The predicted molar refractivity (Wildman–Crippen MR) is 93.9 cm³/mol. The average molecular weight is 340 g/mol. The Morgan fingerprint density at radius 2 is 1.84 bits per heavy atom. The van der Waals surface area contributed by atoms with E-state index in [9.17, 15) is 0 Å². The fourth-order valence-electron chi connectivity index (χ4n) is 2.51. The summed E-state index contributed by atoms with van der Waals surface area (Å²) in [7, 11) is 3.23. The molecule has 2 aromatic heterocycles. The van der Waals surface area contributed by atoms with E-state index in [1.807, 2.05) is 45.0 Å². The summed E-state index contributed by atoms with van der Waals surface area (Å²) in [5, 5.41) is 17.3. The Hall–Kier alpha value is -3.16. The summed E-state index contributed by atoms with van der Waals surface area (Å²) in [4.78, 5) is 0. The standard InChI is InChI=1S/C17H20N6O2/c1-11-8-12(2)22(21-11)17-20-19-13(3)23(17)18-10-14-9-15(24-4)6-7-16(14)25-5/h6-10H,1-5H3/b18-10+. The van der Waals surface area contributed by atoms with E-state index in [1.54, 1.807) is 29.8 Å². The second-order valence-electron chi connectivity index (χ2n) is 5.55. The lowest BCUT2D eigenvalue weighted by atomic mass is 10.2. The van der Waals surface area contributed by atoms with E-state index in [0.29, 0.717) is 17.5 Å². The molecule has 2 heterocycles. The van der Waals surface area contributed by atoms with Crippen LogP contribution in [0.1, 0.15) is 22.8 Å². The zero-order valence-electron chi connectivity index (χ0n) is 14.9. The molecule has 25 heavy (non-hydrogen) atoms. The summed E-state index contributed by atoms with van der Waals surface area (Å²) in [6.45, 7) is 5.73. The van der Waals surface area contributed by atoms with Crippen LogP contribution in [0.4, 0.5) is 0 Å². The van der Waals surface area contributed by atoms with Crippen LogP contribution in [0.2, 0.25) is 0 Å². The Morgan fingerprint density at radius 3 is 2.48 bits per heavy atom. The second-order valence-corrected chi connectivity index (χ2v) is 5.55. The Morgan fingerprint density at radius 1 is 1.04 bits per heavy atom. The van der Waals surface area contributed by atoms with E-state index in [4.69, 9.17) is 9.47 Å². The zero-order chi connectivity index (χ0) is 18.0. The molecule has 3 rings (SSSR count). The Bertz CT molecular complexity index is 925. The van der Waals surface area contributed by atoms with Gasteiger partial charge in [0, 0.05) is 11.3 Å². The number of hydrogen-bond acceptors (Lipinski definition) is 6. The predicted octanol–water partition coefficient (Wildman–Crippen LogP) is 2.29. The first-order chi connectivity index (χ1) is 12.0. The zero-order valence-corrected chi connectivity index (χ0v) is 14.9. The van der Waals surface area contributed by atoms with Crippen molar-refractivity contribution in [1.29, 1.82) is 0 Å². The molecular formula is C17H20N6O2. The summed E-state index contributed by atoms with van der Waals surface area (Å²) in [5.74, 6) is 2.60. The fourth-order valence-corrected chi connectivity index (χ4v) is 2.51. The lowest BCUT2D eigenvalue weighted by Gasteiger charge is -2.07.